The first-order chi connectivity index (χ1) is 19.2. The number of benzene rings is 3. The summed E-state index contributed by atoms with van der Waals surface area (Å²) < 4.78 is 46.9. The number of carbonyl (C=O) groups is 2. The molecule has 3 aromatic carbocycles. The molecule has 0 saturated carbocycles. The van der Waals surface area contributed by atoms with Gasteiger partial charge in [-0.25, -0.2) is 4.79 Å². The van der Waals surface area contributed by atoms with Gasteiger partial charge in [-0.15, -0.1) is 13.2 Å². The van der Waals surface area contributed by atoms with Crippen molar-refractivity contribution in [3.05, 3.63) is 78.4 Å². The Morgan fingerprint density at radius 3 is 2.25 bits per heavy atom. The van der Waals surface area contributed by atoms with E-state index in [1.54, 1.807) is 12.1 Å². The lowest BCUT2D eigenvalue weighted by molar-refractivity contribution is -0.274. The number of amides is 1. The maximum Gasteiger partial charge on any atom is 0.573 e. The van der Waals surface area contributed by atoms with E-state index in [1.165, 1.54) is 29.7 Å². The summed E-state index contributed by atoms with van der Waals surface area (Å²) in [5.74, 6) is -2.04. The number of rotatable bonds is 9. The molecule has 0 aromatic heterocycles. The van der Waals surface area contributed by atoms with Crippen molar-refractivity contribution in [3.8, 4) is 16.9 Å². The van der Waals surface area contributed by atoms with Gasteiger partial charge in [0.15, 0.2) is 0 Å². The van der Waals surface area contributed by atoms with Gasteiger partial charge >= 0.3 is 18.2 Å². The molecule has 1 aliphatic rings. The highest BCUT2D eigenvalue weighted by atomic mass is 19.4. The van der Waals surface area contributed by atoms with E-state index < -0.39 is 18.2 Å². The molecule has 1 fully saturated rings. The highest BCUT2D eigenvalue weighted by Crippen LogP contribution is 2.37. The third-order valence-electron chi connectivity index (χ3n) is 6.93. The average Bonchev–Trinajstić information content (AvgIpc) is 2.97. The number of unbranched alkanes of at least 4 members (excludes halogenated alkanes) is 1. The number of hydrogen-bond donors (Lipinski definition) is 0. The fourth-order valence-electron chi connectivity index (χ4n) is 4.96. The molecular formula is C31H33F3N2O4. The lowest BCUT2D eigenvalue weighted by Crippen LogP contribution is -2.38. The number of aryl methyl sites for hydroxylation is 1. The van der Waals surface area contributed by atoms with Gasteiger partial charge in [-0.3, -0.25) is 4.79 Å². The zero-order chi connectivity index (χ0) is 28.5. The molecule has 0 aliphatic carbocycles. The maximum atomic E-state index is 13.1. The van der Waals surface area contributed by atoms with Crippen LogP contribution in [0.3, 0.4) is 0 Å². The van der Waals surface area contributed by atoms with Crippen LogP contribution >= 0.6 is 0 Å². The van der Waals surface area contributed by atoms with Crippen LogP contribution in [0.4, 0.5) is 24.5 Å². The predicted octanol–water partition coefficient (Wildman–Crippen LogP) is 6.77. The smallest absolute Gasteiger partial charge is 0.462 e. The molecule has 1 amide bonds. The normalized spacial score (nSPS) is 13.6. The molecule has 0 unspecified atom stereocenters. The van der Waals surface area contributed by atoms with Crippen LogP contribution in [0.25, 0.3) is 11.1 Å². The van der Waals surface area contributed by atoms with E-state index in [0.717, 1.165) is 56.4 Å². The van der Waals surface area contributed by atoms with Gasteiger partial charge in [0.1, 0.15) is 5.75 Å². The van der Waals surface area contributed by atoms with Crippen molar-refractivity contribution in [2.24, 2.45) is 0 Å². The van der Waals surface area contributed by atoms with Crippen molar-refractivity contribution in [1.29, 1.82) is 0 Å². The average molecular weight is 555 g/mol. The van der Waals surface area contributed by atoms with Crippen LogP contribution in [-0.4, -0.2) is 45.0 Å². The van der Waals surface area contributed by atoms with Gasteiger partial charge in [0, 0.05) is 36.6 Å². The highest BCUT2D eigenvalue weighted by Gasteiger charge is 2.31. The minimum atomic E-state index is -4.78. The summed E-state index contributed by atoms with van der Waals surface area (Å²) >= 11 is 0. The second kappa shape index (κ2) is 13.4. The predicted molar refractivity (Wildman–Crippen MR) is 148 cm³/mol. The van der Waals surface area contributed by atoms with Crippen LogP contribution in [0.15, 0.2) is 72.8 Å². The summed E-state index contributed by atoms with van der Waals surface area (Å²) in [5.41, 5.74) is 4.06. The van der Waals surface area contributed by atoms with Crippen molar-refractivity contribution in [3.63, 3.8) is 0 Å². The zero-order valence-electron chi connectivity index (χ0n) is 22.5. The minimum absolute atomic E-state index is 0.307. The van der Waals surface area contributed by atoms with E-state index in [4.69, 9.17) is 4.74 Å². The topological polar surface area (TPSA) is 59.1 Å². The van der Waals surface area contributed by atoms with E-state index in [2.05, 4.69) is 9.64 Å². The first kappa shape index (κ1) is 29.0. The summed E-state index contributed by atoms with van der Waals surface area (Å²) in [6, 6.07) is 21.3. The molecule has 0 bridgehead atoms. The lowest BCUT2D eigenvalue weighted by Gasteiger charge is -2.32. The Labute approximate surface area is 232 Å². The third-order valence-corrected chi connectivity index (χ3v) is 6.93. The van der Waals surface area contributed by atoms with Gasteiger partial charge in [-0.05, 0) is 80.0 Å². The molecular weight excluding hydrogens is 521 g/mol. The molecule has 1 aliphatic heterocycles. The third kappa shape index (κ3) is 7.77. The number of halogens is 3. The van der Waals surface area contributed by atoms with Crippen LogP contribution < -0.4 is 14.5 Å². The van der Waals surface area contributed by atoms with Crippen molar-refractivity contribution in [2.45, 2.75) is 44.9 Å². The minimum Gasteiger partial charge on any atom is -0.462 e. The summed E-state index contributed by atoms with van der Waals surface area (Å²) in [6.07, 6.45) is 0.737. The van der Waals surface area contributed by atoms with Crippen molar-refractivity contribution in [2.75, 3.05) is 36.5 Å². The molecule has 0 spiro atoms. The number of methoxy groups -OCH3 is 1. The molecule has 1 saturated heterocycles. The molecule has 40 heavy (non-hydrogen) atoms. The zero-order valence-corrected chi connectivity index (χ0v) is 22.5. The molecule has 9 heteroatoms. The molecule has 0 N–H and O–H groups in total. The van der Waals surface area contributed by atoms with Crippen molar-refractivity contribution < 1.29 is 32.2 Å². The second-order valence-electron chi connectivity index (χ2n) is 9.71. The van der Waals surface area contributed by atoms with E-state index in [1.807, 2.05) is 48.5 Å². The lowest BCUT2D eigenvalue weighted by atomic mass is 9.99. The van der Waals surface area contributed by atoms with Gasteiger partial charge < -0.3 is 19.3 Å². The van der Waals surface area contributed by atoms with Crippen LogP contribution in [-0.2, 0) is 20.7 Å². The standard InChI is InChI=1S/C31H33F3N2O4/c1-39-30(38)29(37)36(21-9-6-12-23-10-4-2-5-11-23)25-15-18-28(35-19-7-3-8-20-35)27(22-25)24-13-16-26(17-14-24)40-31(32,33)34/h2,4-5,10-11,13-18,22H,3,6-9,12,19-21H2,1H3. The first-order valence-electron chi connectivity index (χ1n) is 13.4. The number of anilines is 2. The van der Waals surface area contributed by atoms with Gasteiger partial charge in [0.25, 0.3) is 0 Å². The maximum absolute atomic E-state index is 13.1. The Morgan fingerprint density at radius 2 is 1.60 bits per heavy atom. The van der Waals surface area contributed by atoms with E-state index >= 15 is 0 Å². The van der Waals surface area contributed by atoms with Gasteiger partial charge in [-0.1, -0.05) is 42.5 Å². The van der Waals surface area contributed by atoms with Crippen LogP contribution in [0.2, 0.25) is 0 Å². The summed E-state index contributed by atoms with van der Waals surface area (Å²) in [7, 11) is 1.17. The number of carbonyl (C=O) groups excluding carboxylic acids is 2. The van der Waals surface area contributed by atoms with E-state index in [9.17, 15) is 22.8 Å². The number of esters is 1. The fraction of sp³-hybridized carbons (Fsp3) is 0.355. The quantitative estimate of drug-likeness (QED) is 0.166. The number of ether oxygens (including phenoxy) is 2. The number of nitrogens with zero attached hydrogens (tertiary/aromatic N) is 2. The molecule has 4 rings (SSSR count). The summed E-state index contributed by atoms with van der Waals surface area (Å²) in [4.78, 5) is 29.0. The molecule has 6 nitrogen and oxygen atoms in total. The monoisotopic (exact) mass is 554 g/mol. The second-order valence-corrected chi connectivity index (χ2v) is 9.71. The Hall–Kier alpha value is -4.01. The number of hydrogen-bond acceptors (Lipinski definition) is 5. The SMILES string of the molecule is COC(=O)C(=O)N(CCCCc1ccccc1)c1ccc(N2CCCCC2)c(-c2ccc(OC(F)(F)F)cc2)c1. The fourth-order valence-corrected chi connectivity index (χ4v) is 4.96. The number of piperidine rings is 1. The molecule has 212 valence electrons. The molecule has 0 atom stereocenters. The van der Waals surface area contributed by atoms with E-state index in [-0.39, 0.29) is 5.75 Å². The van der Waals surface area contributed by atoms with Gasteiger partial charge in [-0.2, -0.15) is 0 Å². The molecule has 0 radical (unpaired) electrons. The largest absolute Gasteiger partial charge is 0.573 e. The van der Waals surface area contributed by atoms with Crippen LogP contribution in [0.5, 0.6) is 5.75 Å². The Balaban J connectivity index is 1.64. The molecule has 3 aromatic rings. The first-order valence-corrected chi connectivity index (χ1v) is 13.4. The van der Waals surface area contributed by atoms with Gasteiger partial charge in [0.2, 0.25) is 0 Å². The van der Waals surface area contributed by atoms with Crippen molar-refractivity contribution in [1.82, 2.24) is 0 Å². The molecule has 1 heterocycles. The summed E-state index contributed by atoms with van der Waals surface area (Å²) in [6.45, 7) is 2.01. The number of alkyl halides is 3. The van der Waals surface area contributed by atoms with Crippen LogP contribution in [0, 0.1) is 0 Å². The highest BCUT2D eigenvalue weighted by molar-refractivity contribution is 6.38. The van der Waals surface area contributed by atoms with E-state index in [0.29, 0.717) is 24.2 Å². The Morgan fingerprint density at radius 1 is 0.900 bits per heavy atom. The van der Waals surface area contributed by atoms with Crippen molar-refractivity contribution >= 4 is 23.3 Å². The van der Waals surface area contributed by atoms with Crippen LogP contribution in [0.1, 0.15) is 37.7 Å². The van der Waals surface area contributed by atoms with Gasteiger partial charge in [0.05, 0.1) is 7.11 Å². The Kier molecular flexibility index (Phi) is 9.69. The summed E-state index contributed by atoms with van der Waals surface area (Å²) in [5, 5.41) is 0. The Bertz CT molecular complexity index is 1270.